The lowest BCUT2D eigenvalue weighted by Crippen LogP contribution is -2.49. The Bertz CT molecular complexity index is 1320. The van der Waals surface area contributed by atoms with E-state index in [1.165, 1.54) is 7.11 Å². The Morgan fingerprint density at radius 1 is 0.897 bits per heavy atom. The summed E-state index contributed by atoms with van der Waals surface area (Å²) in [5, 5.41) is 3.40. The predicted octanol–water partition coefficient (Wildman–Crippen LogP) is 6.04. The van der Waals surface area contributed by atoms with Crippen LogP contribution in [-0.4, -0.2) is 32.2 Å². The van der Waals surface area contributed by atoms with Crippen LogP contribution in [0.15, 0.2) is 54.6 Å². The van der Waals surface area contributed by atoms with Crippen LogP contribution < -0.4 is 10.1 Å². The summed E-state index contributed by atoms with van der Waals surface area (Å²) in [5.74, 6) is 0.357. The molecule has 4 rings (SSSR count). The van der Waals surface area contributed by atoms with Crippen LogP contribution >= 0.6 is 0 Å². The quantitative estimate of drug-likeness (QED) is 0.342. The zero-order valence-electron chi connectivity index (χ0n) is 23.7. The number of esters is 1. The smallest absolute Gasteiger partial charge is 0.305 e. The van der Waals surface area contributed by atoms with E-state index in [-0.39, 0.29) is 18.3 Å². The monoisotopic (exact) mass is 529 g/mol. The highest BCUT2D eigenvalue weighted by atomic mass is 16.5. The number of aryl methyl sites for hydroxylation is 5. The fraction of sp³-hybridized carbons (Fsp3) is 0.394. The summed E-state index contributed by atoms with van der Waals surface area (Å²) in [6.45, 7) is 9.69. The maximum Gasteiger partial charge on any atom is 0.305 e. The molecule has 1 aliphatic heterocycles. The van der Waals surface area contributed by atoms with Gasteiger partial charge in [-0.15, -0.1) is 0 Å². The van der Waals surface area contributed by atoms with Crippen molar-refractivity contribution in [1.82, 2.24) is 5.32 Å². The Hall–Kier alpha value is -3.64. The number of benzene rings is 3. The van der Waals surface area contributed by atoms with E-state index >= 15 is 0 Å². The Kier molecular flexibility index (Phi) is 9.08. The maximum atomic E-state index is 14.0. The van der Waals surface area contributed by atoms with Gasteiger partial charge in [-0.2, -0.15) is 0 Å². The van der Waals surface area contributed by atoms with Gasteiger partial charge in [0.1, 0.15) is 12.4 Å². The number of hydrogen-bond acceptors (Lipinski definition) is 5. The van der Waals surface area contributed by atoms with Crippen LogP contribution in [0.4, 0.5) is 0 Å². The van der Waals surface area contributed by atoms with E-state index in [1.807, 2.05) is 44.2 Å². The Labute approximate surface area is 231 Å². The van der Waals surface area contributed by atoms with Crippen LogP contribution in [0.5, 0.6) is 5.75 Å². The molecule has 0 radical (unpaired) electrons. The molecular formula is C33H39NO5. The SMILES string of the molecule is COC(=O)CCc1ccc(COc2cc(C)ccc2C)cc1C(=O)NC1(c2cc(C)cc(C)c2)CCOCC1. The van der Waals surface area contributed by atoms with Crippen molar-refractivity contribution in [3.63, 3.8) is 0 Å². The number of carbonyl (C=O) groups is 2. The van der Waals surface area contributed by atoms with Gasteiger partial charge in [-0.05, 0) is 86.9 Å². The molecule has 6 heteroatoms. The number of carbonyl (C=O) groups excluding carboxylic acids is 2. The molecule has 39 heavy (non-hydrogen) atoms. The topological polar surface area (TPSA) is 73.9 Å². The van der Waals surface area contributed by atoms with Gasteiger partial charge in [0, 0.05) is 25.2 Å². The van der Waals surface area contributed by atoms with Gasteiger partial charge in [0.2, 0.25) is 0 Å². The number of ether oxygens (including phenoxy) is 3. The third-order valence-electron chi connectivity index (χ3n) is 7.46. The summed E-state index contributed by atoms with van der Waals surface area (Å²) in [5.41, 5.74) is 7.32. The molecule has 6 nitrogen and oxygen atoms in total. The summed E-state index contributed by atoms with van der Waals surface area (Å²) in [6.07, 6.45) is 1.99. The van der Waals surface area contributed by atoms with E-state index in [1.54, 1.807) is 0 Å². The number of amides is 1. The minimum atomic E-state index is -0.531. The number of methoxy groups -OCH3 is 1. The second-order valence-corrected chi connectivity index (χ2v) is 10.7. The van der Waals surface area contributed by atoms with Crippen molar-refractivity contribution >= 4 is 11.9 Å². The Morgan fingerprint density at radius 3 is 2.31 bits per heavy atom. The summed E-state index contributed by atoms with van der Waals surface area (Å²) < 4.78 is 16.7. The lowest BCUT2D eigenvalue weighted by molar-refractivity contribution is -0.140. The van der Waals surface area contributed by atoms with E-state index in [0.717, 1.165) is 44.7 Å². The lowest BCUT2D eigenvalue weighted by Gasteiger charge is -2.39. The highest BCUT2D eigenvalue weighted by molar-refractivity contribution is 5.96. The number of hydrogen-bond donors (Lipinski definition) is 1. The summed E-state index contributed by atoms with van der Waals surface area (Å²) in [7, 11) is 1.38. The molecule has 0 aliphatic carbocycles. The first-order valence-electron chi connectivity index (χ1n) is 13.6. The largest absolute Gasteiger partial charge is 0.489 e. The Balaban J connectivity index is 1.65. The van der Waals surface area contributed by atoms with Crippen molar-refractivity contribution in [2.45, 2.75) is 65.5 Å². The first-order chi connectivity index (χ1) is 18.7. The van der Waals surface area contributed by atoms with E-state index < -0.39 is 5.54 Å². The van der Waals surface area contributed by atoms with Crippen molar-refractivity contribution in [3.05, 3.63) is 99.1 Å². The van der Waals surface area contributed by atoms with E-state index in [4.69, 9.17) is 14.2 Å². The van der Waals surface area contributed by atoms with Crippen LogP contribution in [0.2, 0.25) is 0 Å². The summed E-state index contributed by atoms with van der Waals surface area (Å²) >= 11 is 0. The fourth-order valence-corrected chi connectivity index (χ4v) is 5.25. The maximum absolute atomic E-state index is 14.0. The van der Waals surface area contributed by atoms with Crippen molar-refractivity contribution < 1.29 is 23.8 Å². The number of rotatable bonds is 9. The third-order valence-corrected chi connectivity index (χ3v) is 7.46. The minimum Gasteiger partial charge on any atom is -0.489 e. The molecule has 1 amide bonds. The fourth-order valence-electron chi connectivity index (χ4n) is 5.25. The number of nitrogens with one attached hydrogen (secondary N) is 1. The van der Waals surface area contributed by atoms with Crippen LogP contribution in [0, 0.1) is 27.7 Å². The first kappa shape index (κ1) is 28.4. The third kappa shape index (κ3) is 7.07. The van der Waals surface area contributed by atoms with Gasteiger partial charge in [-0.3, -0.25) is 9.59 Å². The standard InChI is InChI=1S/C33H39NO5/c1-22-6-7-25(4)30(19-22)39-21-26-8-9-27(10-11-31(35)37-5)29(20-26)32(36)34-33(12-14-38-15-13-33)28-17-23(2)16-24(3)18-28/h6-9,16-20H,10-15,21H2,1-5H3,(H,34,36). The molecule has 0 aromatic heterocycles. The van der Waals surface area contributed by atoms with Crippen molar-refractivity contribution in [3.8, 4) is 5.75 Å². The molecule has 0 atom stereocenters. The van der Waals surface area contributed by atoms with Gasteiger partial charge in [0.15, 0.2) is 0 Å². The molecule has 1 N–H and O–H groups in total. The van der Waals surface area contributed by atoms with Crippen LogP contribution in [-0.2, 0) is 32.8 Å². The van der Waals surface area contributed by atoms with Crippen molar-refractivity contribution in [2.75, 3.05) is 20.3 Å². The van der Waals surface area contributed by atoms with E-state index in [9.17, 15) is 9.59 Å². The molecule has 206 valence electrons. The molecule has 3 aromatic rings. The summed E-state index contributed by atoms with van der Waals surface area (Å²) in [4.78, 5) is 25.9. The molecule has 0 spiro atoms. The highest BCUT2D eigenvalue weighted by Crippen LogP contribution is 2.34. The molecule has 0 bridgehead atoms. The highest BCUT2D eigenvalue weighted by Gasteiger charge is 2.37. The predicted molar refractivity (Wildman–Crippen MR) is 152 cm³/mol. The molecule has 1 fully saturated rings. The van der Waals surface area contributed by atoms with Gasteiger partial charge in [0.05, 0.1) is 12.6 Å². The average molecular weight is 530 g/mol. The molecular weight excluding hydrogens is 490 g/mol. The molecule has 0 saturated carbocycles. The first-order valence-corrected chi connectivity index (χ1v) is 13.6. The van der Waals surface area contributed by atoms with E-state index in [2.05, 4.69) is 43.4 Å². The molecule has 1 saturated heterocycles. The zero-order valence-corrected chi connectivity index (χ0v) is 23.7. The molecule has 1 aliphatic rings. The second-order valence-electron chi connectivity index (χ2n) is 10.7. The van der Waals surface area contributed by atoms with E-state index in [0.29, 0.717) is 44.6 Å². The molecule has 1 heterocycles. The molecule has 3 aromatic carbocycles. The average Bonchev–Trinajstić information content (AvgIpc) is 2.92. The normalized spacial score (nSPS) is 14.5. The van der Waals surface area contributed by atoms with Crippen LogP contribution in [0.3, 0.4) is 0 Å². The Morgan fingerprint density at radius 2 is 1.62 bits per heavy atom. The van der Waals surface area contributed by atoms with Crippen molar-refractivity contribution in [1.29, 1.82) is 0 Å². The van der Waals surface area contributed by atoms with Gasteiger partial charge in [0.25, 0.3) is 5.91 Å². The van der Waals surface area contributed by atoms with Crippen molar-refractivity contribution in [2.24, 2.45) is 0 Å². The van der Waals surface area contributed by atoms with Gasteiger partial charge < -0.3 is 19.5 Å². The zero-order chi connectivity index (χ0) is 28.0. The minimum absolute atomic E-state index is 0.162. The van der Waals surface area contributed by atoms with Crippen LogP contribution in [0.1, 0.15) is 68.6 Å². The summed E-state index contributed by atoms with van der Waals surface area (Å²) in [6, 6.07) is 18.4. The molecule has 0 unspecified atom stereocenters. The second kappa shape index (κ2) is 12.5. The van der Waals surface area contributed by atoms with Crippen LogP contribution in [0.25, 0.3) is 0 Å². The van der Waals surface area contributed by atoms with Gasteiger partial charge in [-0.1, -0.05) is 53.6 Å². The van der Waals surface area contributed by atoms with Gasteiger partial charge >= 0.3 is 5.97 Å². The van der Waals surface area contributed by atoms with Gasteiger partial charge in [-0.25, -0.2) is 0 Å². The lowest BCUT2D eigenvalue weighted by atomic mass is 9.81.